The molecule has 0 fully saturated rings. The summed E-state index contributed by atoms with van der Waals surface area (Å²) in [5.41, 5.74) is 12.7. The predicted molar refractivity (Wildman–Crippen MR) is 233 cm³/mol. The smallest absolute Gasteiger partial charge is 0.161 e. The summed E-state index contributed by atoms with van der Waals surface area (Å²) < 4.78 is 4.89. The summed E-state index contributed by atoms with van der Waals surface area (Å²) in [5, 5.41) is 8.55. The number of nitrogens with zero attached hydrogens (tertiary/aromatic N) is 3. The molecule has 55 heavy (non-hydrogen) atoms. The normalized spacial score (nSPS) is 13.4. The second kappa shape index (κ2) is 11.2. The zero-order chi connectivity index (χ0) is 36.4. The summed E-state index contributed by atoms with van der Waals surface area (Å²) in [6, 6.07) is 59.7. The SMILES string of the molecule is CC1(C)c2ccccc2-c2ccc(-c3nc(-c4cc(-n5c6ccccc6c6c7ccccc7ccc65)cc5c4sc4ccccc45)nc4ccccc34)cc21. The van der Waals surface area contributed by atoms with Crippen molar-refractivity contribution in [1.29, 1.82) is 0 Å². The average Bonchev–Trinajstić information content (AvgIpc) is 3.86. The van der Waals surface area contributed by atoms with E-state index in [-0.39, 0.29) is 5.41 Å². The number of fused-ring (bicyclic) bond motifs is 12. The van der Waals surface area contributed by atoms with Crippen LogP contribution in [0.1, 0.15) is 25.0 Å². The van der Waals surface area contributed by atoms with Crippen molar-refractivity contribution in [2.45, 2.75) is 19.3 Å². The first-order chi connectivity index (χ1) is 27.0. The summed E-state index contributed by atoms with van der Waals surface area (Å²) in [6.07, 6.45) is 0. The van der Waals surface area contributed by atoms with E-state index in [0.29, 0.717) is 0 Å². The quantitative estimate of drug-likeness (QED) is 0.182. The average molecular weight is 720 g/mol. The third kappa shape index (κ3) is 4.31. The van der Waals surface area contributed by atoms with Gasteiger partial charge in [0.05, 0.1) is 22.2 Å². The second-order valence-electron chi connectivity index (χ2n) is 15.3. The van der Waals surface area contributed by atoms with Crippen LogP contribution in [-0.4, -0.2) is 14.5 Å². The molecule has 258 valence electrons. The maximum Gasteiger partial charge on any atom is 0.161 e. The van der Waals surface area contributed by atoms with Crippen LogP contribution in [0.15, 0.2) is 164 Å². The third-order valence-corrected chi connectivity index (χ3v) is 13.2. The highest BCUT2D eigenvalue weighted by molar-refractivity contribution is 7.26. The molecular formula is C51H33N3S. The van der Waals surface area contributed by atoms with Gasteiger partial charge in [-0.1, -0.05) is 135 Å². The lowest BCUT2D eigenvalue weighted by molar-refractivity contribution is 0.660. The molecule has 1 aliphatic rings. The van der Waals surface area contributed by atoms with Crippen LogP contribution in [0.25, 0.3) is 103 Å². The number of thiophene rings is 1. The Labute approximate surface area is 321 Å². The molecule has 0 aliphatic heterocycles. The molecule has 8 aromatic carbocycles. The Hall–Kier alpha value is -6.62. The Morgan fingerprint density at radius 1 is 0.509 bits per heavy atom. The molecule has 0 spiro atoms. The maximum atomic E-state index is 5.56. The Balaban J connectivity index is 1.15. The monoisotopic (exact) mass is 719 g/mol. The fourth-order valence-electron chi connectivity index (χ4n) is 9.39. The van der Waals surface area contributed by atoms with Crippen molar-refractivity contribution in [2.75, 3.05) is 0 Å². The third-order valence-electron chi connectivity index (χ3n) is 12.0. The van der Waals surface area contributed by atoms with E-state index in [1.54, 1.807) is 0 Å². The van der Waals surface area contributed by atoms with Crippen molar-refractivity contribution in [3.05, 3.63) is 175 Å². The van der Waals surface area contributed by atoms with Crippen LogP contribution in [0.2, 0.25) is 0 Å². The van der Waals surface area contributed by atoms with E-state index in [4.69, 9.17) is 9.97 Å². The number of rotatable bonds is 3. The van der Waals surface area contributed by atoms with E-state index < -0.39 is 0 Å². The number of hydrogen-bond donors (Lipinski definition) is 0. The molecule has 3 aromatic heterocycles. The molecule has 0 N–H and O–H groups in total. The van der Waals surface area contributed by atoms with Crippen LogP contribution in [0.5, 0.6) is 0 Å². The van der Waals surface area contributed by atoms with Crippen molar-refractivity contribution in [3.63, 3.8) is 0 Å². The second-order valence-corrected chi connectivity index (χ2v) is 16.4. The molecule has 0 radical (unpaired) electrons. The molecule has 11 aromatic rings. The van der Waals surface area contributed by atoms with Crippen molar-refractivity contribution < 1.29 is 0 Å². The first-order valence-corrected chi connectivity index (χ1v) is 19.7. The molecule has 3 heterocycles. The lowest BCUT2D eigenvalue weighted by atomic mass is 9.82. The molecular weight excluding hydrogens is 687 g/mol. The van der Waals surface area contributed by atoms with E-state index in [0.717, 1.165) is 39.2 Å². The minimum absolute atomic E-state index is 0.112. The Kier molecular flexibility index (Phi) is 6.27. The van der Waals surface area contributed by atoms with Crippen LogP contribution < -0.4 is 0 Å². The Morgan fingerprint density at radius 2 is 1.24 bits per heavy atom. The zero-order valence-corrected chi connectivity index (χ0v) is 31.2. The molecule has 0 saturated heterocycles. The first kappa shape index (κ1) is 30.8. The van der Waals surface area contributed by atoms with E-state index in [9.17, 15) is 0 Å². The lowest BCUT2D eigenvalue weighted by Gasteiger charge is -2.22. The first-order valence-electron chi connectivity index (χ1n) is 18.9. The van der Waals surface area contributed by atoms with Gasteiger partial charge in [-0.25, -0.2) is 9.97 Å². The molecule has 3 nitrogen and oxygen atoms in total. The Morgan fingerprint density at radius 3 is 2.15 bits per heavy atom. The van der Waals surface area contributed by atoms with Crippen molar-refractivity contribution >= 4 is 75.0 Å². The van der Waals surface area contributed by atoms with E-state index in [1.807, 2.05) is 11.3 Å². The fourth-order valence-corrected chi connectivity index (χ4v) is 10.6. The predicted octanol–water partition coefficient (Wildman–Crippen LogP) is 13.9. The molecule has 0 bridgehead atoms. The van der Waals surface area contributed by atoms with Gasteiger partial charge < -0.3 is 4.57 Å². The van der Waals surface area contributed by atoms with Gasteiger partial charge in [-0.3, -0.25) is 0 Å². The maximum absolute atomic E-state index is 5.56. The minimum atomic E-state index is -0.112. The topological polar surface area (TPSA) is 30.7 Å². The summed E-state index contributed by atoms with van der Waals surface area (Å²) >= 11 is 1.82. The summed E-state index contributed by atoms with van der Waals surface area (Å²) in [6.45, 7) is 4.68. The molecule has 0 unspecified atom stereocenters. The molecule has 4 heteroatoms. The zero-order valence-electron chi connectivity index (χ0n) is 30.3. The van der Waals surface area contributed by atoms with Gasteiger partial charge in [-0.05, 0) is 75.5 Å². The minimum Gasteiger partial charge on any atom is -0.309 e. The summed E-state index contributed by atoms with van der Waals surface area (Å²) in [4.78, 5) is 10.9. The van der Waals surface area contributed by atoms with Crippen molar-refractivity contribution in [2.24, 2.45) is 0 Å². The number of aromatic nitrogens is 3. The van der Waals surface area contributed by atoms with E-state index >= 15 is 0 Å². The molecule has 1 aliphatic carbocycles. The van der Waals surface area contributed by atoms with E-state index in [1.165, 1.54) is 75.0 Å². The van der Waals surface area contributed by atoms with E-state index in [2.05, 4.69) is 182 Å². The van der Waals surface area contributed by atoms with Gasteiger partial charge in [-0.2, -0.15) is 0 Å². The highest BCUT2D eigenvalue weighted by Gasteiger charge is 2.35. The van der Waals surface area contributed by atoms with Crippen LogP contribution in [-0.2, 0) is 5.41 Å². The largest absolute Gasteiger partial charge is 0.309 e. The van der Waals surface area contributed by atoms with Gasteiger partial charge >= 0.3 is 0 Å². The Bertz CT molecular complexity index is 3420. The van der Waals surface area contributed by atoms with Gasteiger partial charge in [0, 0.05) is 58.6 Å². The molecule has 0 atom stereocenters. The van der Waals surface area contributed by atoms with Crippen molar-refractivity contribution in [1.82, 2.24) is 14.5 Å². The van der Waals surface area contributed by atoms with Gasteiger partial charge in [-0.15, -0.1) is 11.3 Å². The number of benzene rings is 8. The molecule has 0 saturated carbocycles. The number of hydrogen-bond acceptors (Lipinski definition) is 3. The van der Waals surface area contributed by atoms with Crippen LogP contribution >= 0.6 is 11.3 Å². The van der Waals surface area contributed by atoms with Crippen LogP contribution in [0.4, 0.5) is 0 Å². The lowest BCUT2D eigenvalue weighted by Crippen LogP contribution is -2.15. The van der Waals surface area contributed by atoms with Crippen LogP contribution in [0.3, 0.4) is 0 Å². The van der Waals surface area contributed by atoms with Gasteiger partial charge in [0.1, 0.15) is 0 Å². The molecule has 0 amide bonds. The van der Waals surface area contributed by atoms with Gasteiger partial charge in [0.25, 0.3) is 0 Å². The number of para-hydroxylation sites is 2. The highest BCUT2D eigenvalue weighted by atomic mass is 32.1. The van der Waals surface area contributed by atoms with Crippen LogP contribution in [0, 0.1) is 0 Å². The van der Waals surface area contributed by atoms with Crippen molar-refractivity contribution in [3.8, 4) is 39.5 Å². The van der Waals surface area contributed by atoms with Gasteiger partial charge in [0.15, 0.2) is 5.82 Å². The molecule has 12 rings (SSSR count). The summed E-state index contributed by atoms with van der Waals surface area (Å²) in [5.74, 6) is 0.737. The van der Waals surface area contributed by atoms with Gasteiger partial charge in [0.2, 0.25) is 0 Å². The fraction of sp³-hybridized carbons (Fsp3) is 0.0588. The standard InChI is InChI=1S/C51H33N3S/c1-51(2)41-19-9-5-15-34(41)35-25-23-31(27-42(35)51)48-37-17-6-10-20-43(37)52-50(53-48)40-29-32(28-39-36-16-8-12-22-46(36)55-49(39)40)54-44-21-11-7-18-38(44)47-33-14-4-3-13-30(33)24-26-45(47)54/h3-29H,1-2H3. The highest BCUT2D eigenvalue weighted by Crippen LogP contribution is 2.50. The summed E-state index contributed by atoms with van der Waals surface area (Å²) in [7, 11) is 0.